The van der Waals surface area contributed by atoms with E-state index in [1.54, 1.807) is 26.0 Å². The molecule has 0 unspecified atom stereocenters. The third-order valence-electron chi connectivity index (χ3n) is 4.22. The summed E-state index contributed by atoms with van der Waals surface area (Å²) in [4.78, 5) is 24.6. The van der Waals surface area contributed by atoms with Gasteiger partial charge in [-0.25, -0.2) is 13.1 Å². The van der Waals surface area contributed by atoms with Crippen molar-refractivity contribution in [1.82, 2.24) is 10.0 Å². The van der Waals surface area contributed by atoms with Gasteiger partial charge in [0.05, 0.1) is 11.3 Å². The van der Waals surface area contributed by atoms with Crippen molar-refractivity contribution in [1.29, 1.82) is 0 Å². The number of benzene rings is 1. The van der Waals surface area contributed by atoms with Crippen molar-refractivity contribution in [2.45, 2.75) is 50.4 Å². The van der Waals surface area contributed by atoms with E-state index in [9.17, 15) is 18.0 Å². The van der Waals surface area contributed by atoms with Crippen LogP contribution in [0.15, 0.2) is 42.5 Å². The minimum Gasteiger partial charge on any atom is -0.462 e. The molecule has 0 saturated heterocycles. The predicted molar refractivity (Wildman–Crippen MR) is 102 cm³/mol. The molecule has 7 nitrogen and oxygen atoms in total. The highest BCUT2D eigenvalue weighted by Gasteiger charge is 2.28. The normalized spacial score (nSPS) is 22.5. The molecule has 0 aromatic heterocycles. The van der Waals surface area contributed by atoms with Gasteiger partial charge in [0.1, 0.15) is 12.6 Å². The third kappa shape index (κ3) is 6.48. The summed E-state index contributed by atoms with van der Waals surface area (Å²) in [6.45, 7) is 3.01. The van der Waals surface area contributed by atoms with Crippen LogP contribution in [0, 0.1) is 0 Å². The van der Waals surface area contributed by atoms with E-state index in [1.165, 1.54) is 0 Å². The number of esters is 1. The fourth-order valence-electron chi connectivity index (χ4n) is 2.53. The number of ether oxygens (including phenoxy) is 1. The molecule has 0 aliphatic carbocycles. The van der Waals surface area contributed by atoms with Crippen LogP contribution in [0.2, 0.25) is 0 Å². The van der Waals surface area contributed by atoms with Gasteiger partial charge in [-0.2, -0.15) is 0 Å². The smallest absolute Gasteiger partial charge is 0.324 e. The van der Waals surface area contributed by atoms with Gasteiger partial charge >= 0.3 is 5.97 Å². The highest BCUT2D eigenvalue weighted by Crippen LogP contribution is 2.15. The average molecular weight is 394 g/mol. The van der Waals surface area contributed by atoms with E-state index in [4.69, 9.17) is 4.74 Å². The lowest BCUT2D eigenvalue weighted by Gasteiger charge is -2.22. The number of rotatable bonds is 4. The van der Waals surface area contributed by atoms with Crippen LogP contribution in [0.1, 0.15) is 44.7 Å². The second kappa shape index (κ2) is 9.66. The molecule has 1 aromatic rings. The Hall–Kier alpha value is -2.19. The maximum atomic E-state index is 12.5. The molecular weight excluding hydrogens is 368 g/mol. The van der Waals surface area contributed by atoms with Gasteiger partial charge in [0.2, 0.25) is 15.9 Å². The van der Waals surface area contributed by atoms with E-state index < -0.39 is 33.3 Å². The van der Waals surface area contributed by atoms with Gasteiger partial charge in [-0.05, 0) is 32.3 Å². The van der Waals surface area contributed by atoms with E-state index in [1.807, 2.05) is 30.3 Å². The monoisotopic (exact) mass is 394 g/mol. The van der Waals surface area contributed by atoms with Crippen LogP contribution in [0.3, 0.4) is 0 Å². The molecule has 8 heteroatoms. The maximum Gasteiger partial charge on any atom is 0.324 e. The minimum atomic E-state index is -3.63. The quantitative estimate of drug-likeness (QED) is 0.599. The number of hydrogen-bond donors (Lipinski definition) is 2. The number of allylic oxidation sites excluding steroid dienone is 1. The number of sulfonamides is 1. The molecule has 1 aliphatic rings. The molecule has 0 bridgehead atoms. The van der Waals surface area contributed by atoms with E-state index in [-0.39, 0.29) is 18.9 Å². The average Bonchev–Trinajstić information content (AvgIpc) is 2.63. The van der Waals surface area contributed by atoms with Crippen molar-refractivity contribution in [2.75, 3.05) is 6.61 Å². The van der Waals surface area contributed by atoms with Crippen LogP contribution < -0.4 is 10.0 Å². The van der Waals surface area contributed by atoms with E-state index in [0.29, 0.717) is 12.8 Å². The molecule has 2 rings (SSSR count). The van der Waals surface area contributed by atoms with Gasteiger partial charge in [0.15, 0.2) is 0 Å². The maximum absolute atomic E-state index is 12.5. The lowest BCUT2D eigenvalue weighted by atomic mass is 10.1. The van der Waals surface area contributed by atoms with Gasteiger partial charge in [-0.3, -0.25) is 9.59 Å². The van der Waals surface area contributed by atoms with Gasteiger partial charge in [0, 0.05) is 6.42 Å². The standard InChI is InChI=1S/C19H26N2O5S/c1-14(2)27(24,25)21-16-11-7-4-8-12-18(22)20-17(13-26-19(16)23)15-9-5-3-6-10-15/h3-7,9-10,14,16-17,21H,8,11-13H2,1-2H3,(H,20,22)/t16-,17+/m1/s1. The molecule has 2 N–H and O–H groups in total. The van der Waals surface area contributed by atoms with E-state index in [2.05, 4.69) is 10.0 Å². The Balaban J connectivity index is 2.20. The van der Waals surface area contributed by atoms with Crippen LogP contribution in [0.5, 0.6) is 0 Å². The summed E-state index contributed by atoms with van der Waals surface area (Å²) >= 11 is 0. The first-order valence-corrected chi connectivity index (χ1v) is 10.5. The van der Waals surface area contributed by atoms with Gasteiger partial charge in [-0.15, -0.1) is 0 Å². The number of nitrogens with one attached hydrogen (secondary N) is 2. The molecule has 27 heavy (non-hydrogen) atoms. The van der Waals surface area contributed by atoms with Crippen molar-refractivity contribution in [3.05, 3.63) is 48.0 Å². The summed E-state index contributed by atoms with van der Waals surface area (Å²) in [5.74, 6) is -0.804. The Kier molecular flexibility index (Phi) is 7.55. The SMILES string of the molecule is CC(C)S(=O)(=O)N[C@@H]1CC=CCCC(=O)N[C@H](c2ccccc2)COC1=O. The molecular formula is C19H26N2O5S. The van der Waals surface area contributed by atoms with E-state index in [0.717, 1.165) is 5.56 Å². The molecule has 1 aromatic carbocycles. The second-order valence-electron chi connectivity index (χ2n) is 6.67. The Morgan fingerprint density at radius 3 is 2.52 bits per heavy atom. The fourth-order valence-corrected chi connectivity index (χ4v) is 3.39. The summed E-state index contributed by atoms with van der Waals surface area (Å²) in [5, 5.41) is 2.20. The van der Waals surface area contributed by atoms with Crippen LogP contribution in [-0.2, 0) is 24.3 Å². The van der Waals surface area contributed by atoms with Crippen molar-refractivity contribution in [2.24, 2.45) is 0 Å². The van der Waals surface area contributed by atoms with Crippen LogP contribution in [0.4, 0.5) is 0 Å². The first-order chi connectivity index (χ1) is 12.8. The largest absolute Gasteiger partial charge is 0.462 e. The highest BCUT2D eigenvalue weighted by molar-refractivity contribution is 7.90. The number of amides is 1. The number of carbonyl (C=O) groups is 2. The molecule has 2 atom stereocenters. The molecule has 0 saturated carbocycles. The summed E-state index contributed by atoms with van der Waals surface area (Å²) in [6, 6.07) is 7.71. The zero-order valence-electron chi connectivity index (χ0n) is 15.6. The van der Waals surface area contributed by atoms with Gasteiger partial charge < -0.3 is 10.1 Å². The van der Waals surface area contributed by atoms with Gasteiger partial charge in [0.25, 0.3) is 0 Å². The Morgan fingerprint density at radius 1 is 1.15 bits per heavy atom. The van der Waals surface area contributed by atoms with Crippen LogP contribution in [0.25, 0.3) is 0 Å². The highest BCUT2D eigenvalue weighted by atomic mass is 32.2. The van der Waals surface area contributed by atoms with Crippen LogP contribution >= 0.6 is 0 Å². The number of carbonyl (C=O) groups excluding carboxylic acids is 2. The van der Waals surface area contributed by atoms with Crippen molar-refractivity contribution in [3.8, 4) is 0 Å². The first-order valence-electron chi connectivity index (χ1n) is 8.96. The molecule has 0 fully saturated rings. The van der Waals surface area contributed by atoms with Crippen molar-refractivity contribution in [3.63, 3.8) is 0 Å². The van der Waals surface area contributed by atoms with Gasteiger partial charge in [-0.1, -0.05) is 42.5 Å². The lowest BCUT2D eigenvalue weighted by molar-refractivity contribution is -0.147. The molecule has 1 amide bonds. The second-order valence-corrected chi connectivity index (χ2v) is 8.94. The summed E-state index contributed by atoms with van der Waals surface area (Å²) in [7, 11) is -3.63. The predicted octanol–water partition coefficient (Wildman–Crippen LogP) is 1.82. The zero-order chi connectivity index (χ0) is 19.9. The minimum absolute atomic E-state index is 0.0712. The van der Waals surface area contributed by atoms with Crippen molar-refractivity contribution < 1.29 is 22.7 Å². The Labute approximate surface area is 160 Å². The molecule has 0 spiro atoms. The Bertz CT molecular complexity index is 775. The van der Waals surface area contributed by atoms with E-state index >= 15 is 0 Å². The van der Waals surface area contributed by atoms with Crippen LogP contribution in [-0.4, -0.2) is 38.2 Å². The topological polar surface area (TPSA) is 102 Å². The third-order valence-corrected chi connectivity index (χ3v) is 6.07. The summed E-state index contributed by atoms with van der Waals surface area (Å²) in [6.07, 6.45) is 4.44. The number of cyclic esters (lactones) is 1. The van der Waals surface area contributed by atoms with Crippen molar-refractivity contribution >= 4 is 21.9 Å². The fraction of sp³-hybridized carbons (Fsp3) is 0.474. The summed E-state index contributed by atoms with van der Waals surface area (Å²) in [5.41, 5.74) is 0.811. The molecule has 0 radical (unpaired) electrons. The molecule has 148 valence electrons. The Morgan fingerprint density at radius 2 is 1.85 bits per heavy atom. The molecule has 1 aliphatic heterocycles. The number of hydrogen-bond acceptors (Lipinski definition) is 5. The zero-order valence-corrected chi connectivity index (χ0v) is 16.4. The molecule has 1 heterocycles. The first kappa shape index (κ1) is 21.1. The lowest BCUT2D eigenvalue weighted by Crippen LogP contribution is -2.45. The summed E-state index contributed by atoms with van der Waals surface area (Å²) < 4.78 is 32.1.